The van der Waals surface area contributed by atoms with Crippen molar-refractivity contribution in [3.05, 3.63) is 30.1 Å². The first-order valence-electron chi connectivity index (χ1n) is 5.54. The van der Waals surface area contributed by atoms with Crippen molar-refractivity contribution in [2.45, 2.75) is 18.0 Å². The summed E-state index contributed by atoms with van der Waals surface area (Å²) in [5.74, 6) is -0.0402. The minimum absolute atomic E-state index is 0.0122. The summed E-state index contributed by atoms with van der Waals surface area (Å²) in [6.45, 7) is 0.296. The predicted molar refractivity (Wildman–Crippen MR) is 64.1 cm³/mol. The van der Waals surface area contributed by atoms with E-state index in [1.165, 1.54) is 24.7 Å². The Kier molecular flexibility index (Phi) is 2.93. The molecule has 1 aromatic heterocycles. The lowest BCUT2D eigenvalue weighted by atomic mass is 10.2. The zero-order valence-corrected chi connectivity index (χ0v) is 11.1. The van der Waals surface area contributed by atoms with Gasteiger partial charge in [0, 0.05) is 6.26 Å². The zero-order valence-electron chi connectivity index (χ0n) is 10.2. The number of ether oxygens (including phenoxy) is 2. The highest BCUT2D eigenvalue weighted by molar-refractivity contribution is 7.84. The second kappa shape index (κ2) is 4.51. The molecule has 0 N–H and O–H groups in total. The zero-order chi connectivity index (χ0) is 14.3. The van der Waals surface area contributed by atoms with Crippen molar-refractivity contribution < 1.29 is 22.5 Å². The Morgan fingerprint density at radius 2 is 2.10 bits per heavy atom. The summed E-state index contributed by atoms with van der Waals surface area (Å²) in [4.78, 5) is 0. The lowest BCUT2D eigenvalue weighted by Crippen LogP contribution is -2.25. The first kappa shape index (κ1) is 13.0. The molecule has 2 heterocycles. The number of fused-ring (bicyclic) bond motifs is 1. The average molecular weight is 301 g/mol. The van der Waals surface area contributed by atoms with Crippen LogP contribution in [-0.2, 0) is 17.3 Å². The Labute approximate surface area is 114 Å². The summed E-state index contributed by atoms with van der Waals surface area (Å²) >= 11 is 0. The van der Waals surface area contributed by atoms with E-state index in [1.807, 2.05) is 0 Å². The third-order valence-corrected chi connectivity index (χ3v) is 3.49. The van der Waals surface area contributed by atoms with Gasteiger partial charge in [-0.1, -0.05) is 6.07 Å². The van der Waals surface area contributed by atoms with Gasteiger partial charge < -0.3 is 14.0 Å². The van der Waals surface area contributed by atoms with Gasteiger partial charge >= 0.3 is 6.29 Å². The molecule has 20 heavy (non-hydrogen) atoms. The monoisotopic (exact) mass is 301 g/mol. The summed E-state index contributed by atoms with van der Waals surface area (Å²) in [7, 11) is -1.28. The summed E-state index contributed by atoms with van der Waals surface area (Å²) in [5.41, 5.74) is 0.677. The highest BCUT2D eigenvalue weighted by Crippen LogP contribution is 2.41. The summed E-state index contributed by atoms with van der Waals surface area (Å²) < 4.78 is 47.5. The molecule has 0 amide bonds. The third-order valence-electron chi connectivity index (χ3n) is 2.66. The van der Waals surface area contributed by atoms with Crippen LogP contribution in [0.5, 0.6) is 11.5 Å². The fraction of sp³-hybridized carbons (Fsp3) is 0.273. The number of alkyl halides is 2. The van der Waals surface area contributed by atoms with Crippen LogP contribution in [-0.4, -0.2) is 31.5 Å². The van der Waals surface area contributed by atoms with E-state index in [0.29, 0.717) is 17.3 Å². The molecular weight excluding hydrogens is 292 g/mol. The van der Waals surface area contributed by atoms with Gasteiger partial charge in [-0.15, -0.1) is 19.0 Å². The van der Waals surface area contributed by atoms with E-state index in [9.17, 15) is 13.0 Å². The molecule has 0 bridgehead atoms. The maximum atomic E-state index is 12.9. The number of halogens is 2. The standard InChI is InChI=1S/C11H9F2N3O3S/c1-20(17)10-15-14-6-16(10)5-7-2-3-8-9(4-7)19-11(12,13)18-8/h2-4,6H,5H2,1H3. The molecule has 0 radical (unpaired) electrons. The first-order chi connectivity index (χ1) is 9.44. The molecule has 2 aromatic rings. The van der Waals surface area contributed by atoms with Gasteiger partial charge in [-0.25, -0.2) is 0 Å². The van der Waals surface area contributed by atoms with E-state index in [0.717, 1.165) is 0 Å². The highest BCUT2D eigenvalue weighted by Gasteiger charge is 2.43. The van der Waals surface area contributed by atoms with Crippen molar-refractivity contribution in [3.63, 3.8) is 0 Å². The number of hydrogen-bond donors (Lipinski definition) is 0. The molecule has 0 fully saturated rings. The van der Waals surface area contributed by atoms with Gasteiger partial charge in [0.2, 0.25) is 5.16 Å². The average Bonchev–Trinajstić information content (AvgIpc) is 2.91. The SMILES string of the molecule is CS(=O)c1nncn1Cc1ccc2c(c1)OC(F)(F)O2. The molecular formula is C11H9F2N3O3S. The van der Waals surface area contributed by atoms with Crippen molar-refractivity contribution in [1.29, 1.82) is 0 Å². The topological polar surface area (TPSA) is 66.2 Å². The molecule has 6 nitrogen and oxygen atoms in total. The van der Waals surface area contributed by atoms with Crippen LogP contribution in [0, 0.1) is 0 Å². The molecule has 0 spiro atoms. The van der Waals surface area contributed by atoms with Crippen LogP contribution in [0.15, 0.2) is 29.7 Å². The summed E-state index contributed by atoms with van der Waals surface area (Å²) in [5, 5.41) is 7.74. The van der Waals surface area contributed by atoms with Crippen molar-refractivity contribution in [1.82, 2.24) is 14.8 Å². The van der Waals surface area contributed by atoms with Crippen LogP contribution in [0.25, 0.3) is 0 Å². The van der Waals surface area contributed by atoms with E-state index in [1.54, 1.807) is 10.6 Å². The Balaban J connectivity index is 1.87. The smallest absolute Gasteiger partial charge is 0.395 e. The molecule has 1 aliphatic heterocycles. The highest BCUT2D eigenvalue weighted by atomic mass is 32.2. The van der Waals surface area contributed by atoms with Gasteiger partial charge in [0.1, 0.15) is 6.33 Å². The molecule has 1 aromatic carbocycles. The van der Waals surface area contributed by atoms with Crippen molar-refractivity contribution in [2.75, 3.05) is 6.26 Å². The molecule has 0 saturated carbocycles. The summed E-state index contributed by atoms with van der Waals surface area (Å²) in [6.07, 6.45) is -0.718. The fourth-order valence-electron chi connectivity index (χ4n) is 1.86. The van der Waals surface area contributed by atoms with Crippen LogP contribution in [0.1, 0.15) is 5.56 Å². The fourth-order valence-corrected chi connectivity index (χ4v) is 2.47. The lowest BCUT2D eigenvalue weighted by Gasteiger charge is -2.05. The van der Waals surface area contributed by atoms with Crippen molar-refractivity contribution >= 4 is 10.8 Å². The van der Waals surface area contributed by atoms with Gasteiger partial charge in [-0.3, -0.25) is 4.21 Å². The van der Waals surface area contributed by atoms with E-state index in [-0.39, 0.29) is 11.5 Å². The molecule has 1 aliphatic rings. The number of benzene rings is 1. The number of hydrogen-bond acceptors (Lipinski definition) is 5. The molecule has 0 aliphatic carbocycles. The second-order valence-corrected chi connectivity index (χ2v) is 5.42. The second-order valence-electron chi connectivity index (χ2n) is 4.14. The van der Waals surface area contributed by atoms with E-state index in [2.05, 4.69) is 19.7 Å². The quantitative estimate of drug-likeness (QED) is 0.857. The first-order valence-corrected chi connectivity index (χ1v) is 7.10. The Bertz CT molecular complexity index is 689. The Hall–Kier alpha value is -2.03. The molecule has 106 valence electrons. The van der Waals surface area contributed by atoms with Crippen molar-refractivity contribution in [3.8, 4) is 11.5 Å². The van der Waals surface area contributed by atoms with Gasteiger partial charge in [0.15, 0.2) is 11.5 Å². The summed E-state index contributed by atoms with van der Waals surface area (Å²) in [6, 6.07) is 4.46. The van der Waals surface area contributed by atoms with E-state index >= 15 is 0 Å². The van der Waals surface area contributed by atoms with Crippen LogP contribution >= 0.6 is 0 Å². The largest absolute Gasteiger partial charge is 0.586 e. The van der Waals surface area contributed by atoms with Crippen LogP contribution in [0.4, 0.5) is 8.78 Å². The predicted octanol–water partition coefficient (Wildman–Crippen LogP) is 1.39. The van der Waals surface area contributed by atoms with Gasteiger partial charge in [0.25, 0.3) is 0 Å². The number of rotatable bonds is 3. The Morgan fingerprint density at radius 3 is 2.85 bits per heavy atom. The minimum Gasteiger partial charge on any atom is -0.395 e. The Morgan fingerprint density at radius 1 is 1.35 bits per heavy atom. The lowest BCUT2D eigenvalue weighted by molar-refractivity contribution is -0.286. The third kappa shape index (κ3) is 2.36. The molecule has 1 unspecified atom stereocenters. The number of aromatic nitrogens is 3. The van der Waals surface area contributed by atoms with Crippen LogP contribution in [0.3, 0.4) is 0 Å². The van der Waals surface area contributed by atoms with Crippen LogP contribution < -0.4 is 9.47 Å². The molecule has 9 heteroatoms. The van der Waals surface area contributed by atoms with E-state index < -0.39 is 17.1 Å². The van der Waals surface area contributed by atoms with Gasteiger partial charge in [0.05, 0.1) is 17.3 Å². The van der Waals surface area contributed by atoms with Gasteiger partial charge in [-0.2, -0.15) is 0 Å². The minimum atomic E-state index is -3.63. The number of nitrogens with zero attached hydrogens (tertiary/aromatic N) is 3. The van der Waals surface area contributed by atoms with Gasteiger partial charge in [-0.05, 0) is 17.7 Å². The van der Waals surface area contributed by atoms with Crippen molar-refractivity contribution in [2.24, 2.45) is 0 Å². The maximum Gasteiger partial charge on any atom is 0.586 e. The van der Waals surface area contributed by atoms with Crippen LogP contribution in [0.2, 0.25) is 0 Å². The molecule has 1 atom stereocenters. The molecule has 3 rings (SSSR count). The van der Waals surface area contributed by atoms with E-state index in [4.69, 9.17) is 0 Å². The molecule has 0 saturated heterocycles. The normalized spacial score (nSPS) is 17.1. The maximum absolute atomic E-state index is 12.9.